The van der Waals surface area contributed by atoms with Gasteiger partial charge in [0.05, 0.1) is 0 Å². The maximum Gasteiger partial charge on any atom is 0.329 e. The van der Waals surface area contributed by atoms with Crippen molar-refractivity contribution >= 4 is 5.97 Å². The fraction of sp³-hybridized carbons (Fsp3) is 0.250. The number of nitrogens with two attached hydrogens (primary N) is 1. The minimum atomic E-state index is -1.56. The number of pyridine rings is 1. The molecule has 1 rings (SSSR count). The lowest BCUT2D eigenvalue weighted by Crippen LogP contribution is -2.43. The van der Waals surface area contributed by atoms with Gasteiger partial charge in [0.15, 0.2) is 5.54 Å². The van der Waals surface area contributed by atoms with E-state index in [2.05, 4.69) is 4.98 Å². The summed E-state index contributed by atoms with van der Waals surface area (Å²) in [4.78, 5) is 23.9. The standard InChI is InChI=1S/C8H10N2O3/c1-8(9,7(12)13)5-3-2-4-6(11)10-5/h2-4H,9H2,1H3,(H,10,11)(H,12,13)/t8-/m1/s1. The maximum atomic E-state index is 10.9. The molecule has 0 aliphatic heterocycles. The number of aliphatic carboxylic acids is 1. The first kappa shape index (κ1) is 9.47. The topological polar surface area (TPSA) is 96.2 Å². The van der Waals surface area contributed by atoms with E-state index in [0.29, 0.717) is 0 Å². The van der Waals surface area contributed by atoms with Gasteiger partial charge in [-0.1, -0.05) is 6.07 Å². The van der Waals surface area contributed by atoms with Crippen molar-refractivity contribution in [3.8, 4) is 0 Å². The first-order valence-corrected chi connectivity index (χ1v) is 3.66. The number of aromatic amines is 1. The molecular formula is C8H10N2O3. The molecule has 4 N–H and O–H groups in total. The molecular weight excluding hydrogens is 172 g/mol. The van der Waals surface area contributed by atoms with Crippen molar-refractivity contribution in [2.45, 2.75) is 12.5 Å². The smallest absolute Gasteiger partial charge is 0.329 e. The van der Waals surface area contributed by atoms with E-state index < -0.39 is 11.5 Å². The van der Waals surface area contributed by atoms with Crippen LogP contribution in [-0.4, -0.2) is 16.1 Å². The highest BCUT2D eigenvalue weighted by molar-refractivity contribution is 5.79. The third-order valence-electron chi connectivity index (χ3n) is 1.77. The summed E-state index contributed by atoms with van der Waals surface area (Å²) in [5, 5.41) is 8.74. The van der Waals surface area contributed by atoms with Crippen LogP contribution in [0, 0.1) is 0 Å². The second kappa shape index (κ2) is 3.02. The molecule has 0 fully saturated rings. The lowest BCUT2D eigenvalue weighted by Gasteiger charge is -2.18. The molecule has 1 aromatic heterocycles. The van der Waals surface area contributed by atoms with Gasteiger partial charge in [-0.3, -0.25) is 4.79 Å². The van der Waals surface area contributed by atoms with Crippen LogP contribution in [0.15, 0.2) is 23.0 Å². The number of hydrogen-bond acceptors (Lipinski definition) is 3. The molecule has 13 heavy (non-hydrogen) atoms. The zero-order valence-electron chi connectivity index (χ0n) is 7.07. The third kappa shape index (κ3) is 1.75. The molecule has 0 saturated carbocycles. The van der Waals surface area contributed by atoms with Crippen molar-refractivity contribution in [2.75, 3.05) is 0 Å². The molecule has 0 aromatic carbocycles. The number of aromatic nitrogens is 1. The average Bonchev–Trinajstić information content (AvgIpc) is 2.04. The fourth-order valence-corrected chi connectivity index (χ4v) is 0.866. The number of carboxylic acids is 1. The SMILES string of the molecule is C[C@](N)(C(=O)O)c1cccc(=O)[nH]1. The Morgan fingerprint density at radius 1 is 1.62 bits per heavy atom. The Hall–Kier alpha value is -1.62. The highest BCUT2D eigenvalue weighted by atomic mass is 16.4. The lowest BCUT2D eigenvalue weighted by atomic mass is 9.99. The Morgan fingerprint density at radius 2 is 2.23 bits per heavy atom. The molecule has 1 aromatic rings. The summed E-state index contributed by atoms with van der Waals surface area (Å²) in [7, 11) is 0. The Bertz CT molecular complexity index is 381. The summed E-state index contributed by atoms with van der Waals surface area (Å²) >= 11 is 0. The van der Waals surface area contributed by atoms with Crippen LogP contribution in [0.4, 0.5) is 0 Å². The number of hydrogen-bond donors (Lipinski definition) is 3. The largest absolute Gasteiger partial charge is 0.480 e. The zero-order chi connectivity index (χ0) is 10.1. The van der Waals surface area contributed by atoms with Crippen molar-refractivity contribution < 1.29 is 9.90 Å². The Balaban J connectivity index is 3.22. The highest BCUT2D eigenvalue weighted by Crippen LogP contribution is 2.12. The molecule has 70 valence electrons. The van der Waals surface area contributed by atoms with Crippen LogP contribution in [0.5, 0.6) is 0 Å². The predicted molar refractivity (Wildman–Crippen MR) is 46.2 cm³/mol. The number of H-pyrrole nitrogens is 1. The molecule has 0 amide bonds. The first-order chi connectivity index (χ1) is 5.94. The van der Waals surface area contributed by atoms with Crippen LogP contribution < -0.4 is 11.3 Å². The van der Waals surface area contributed by atoms with Gasteiger partial charge < -0.3 is 15.8 Å². The lowest BCUT2D eigenvalue weighted by molar-refractivity contribution is -0.143. The average molecular weight is 182 g/mol. The van der Waals surface area contributed by atoms with Gasteiger partial charge in [0, 0.05) is 11.8 Å². The van der Waals surface area contributed by atoms with E-state index in [9.17, 15) is 9.59 Å². The number of rotatable bonds is 2. The van der Waals surface area contributed by atoms with Crippen molar-refractivity contribution in [3.05, 3.63) is 34.2 Å². The minimum absolute atomic E-state index is 0.188. The van der Waals surface area contributed by atoms with E-state index in [1.807, 2.05) is 0 Å². The van der Waals surface area contributed by atoms with Crippen LogP contribution in [-0.2, 0) is 10.3 Å². The van der Waals surface area contributed by atoms with Gasteiger partial charge in [-0.05, 0) is 13.0 Å². The number of carboxylic acid groups (broad SMARTS) is 1. The summed E-state index contributed by atoms with van der Waals surface area (Å²) in [5.74, 6) is -1.19. The number of carbonyl (C=O) groups is 1. The van der Waals surface area contributed by atoms with Gasteiger partial charge in [0.1, 0.15) is 0 Å². The quantitative estimate of drug-likeness (QED) is 0.581. The van der Waals surface area contributed by atoms with Crippen molar-refractivity contribution in [1.82, 2.24) is 4.98 Å². The van der Waals surface area contributed by atoms with Gasteiger partial charge in [0.2, 0.25) is 5.56 Å². The van der Waals surface area contributed by atoms with Gasteiger partial charge in [0.25, 0.3) is 0 Å². The van der Waals surface area contributed by atoms with E-state index in [-0.39, 0.29) is 11.3 Å². The van der Waals surface area contributed by atoms with E-state index in [1.165, 1.54) is 25.1 Å². The van der Waals surface area contributed by atoms with Gasteiger partial charge in [-0.15, -0.1) is 0 Å². The summed E-state index contributed by atoms with van der Waals surface area (Å²) < 4.78 is 0. The Kier molecular flexibility index (Phi) is 2.20. The third-order valence-corrected chi connectivity index (χ3v) is 1.77. The summed E-state index contributed by atoms with van der Waals surface area (Å²) in [6, 6.07) is 4.22. The molecule has 0 radical (unpaired) electrons. The van der Waals surface area contributed by atoms with Crippen LogP contribution in [0.2, 0.25) is 0 Å². The van der Waals surface area contributed by atoms with Crippen LogP contribution in [0.3, 0.4) is 0 Å². The number of nitrogens with one attached hydrogen (secondary N) is 1. The van der Waals surface area contributed by atoms with Crippen LogP contribution in [0.25, 0.3) is 0 Å². The van der Waals surface area contributed by atoms with E-state index in [0.717, 1.165) is 0 Å². The molecule has 0 bridgehead atoms. The molecule has 5 nitrogen and oxygen atoms in total. The van der Waals surface area contributed by atoms with Crippen molar-refractivity contribution in [2.24, 2.45) is 5.73 Å². The van der Waals surface area contributed by atoms with E-state index >= 15 is 0 Å². The molecule has 0 saturated heterocycles. The van der Waals surface area contributed by atoms with Crippen LogP contribution >= 0.6 is 0 Å². The van der Waals surface area contributed by atoms with E-state index in [4.69, 9.17) is 10.8 Å². The van der Waals surface area contributed by atoms with Gasteiger partial charge in [-0.25, -0.2) is 4.79 Å². The Labute approximate surface area is 74.2 Å². The molecule has 0 aliphatic rings. The zero-order valence-corrected chi connectivity index (χ0v) is 7.07. The Morgan fingerprint density at radius 3 is 2.69 bits per heavy atom. The summed E-state index contributed by atoms with van der Waals surface area (Å²) in [6.45, 7) is 1.32. The normalized spacial score (nSPS) is 14.9. The van der Waals surface area contributed by atoms with Crippen molar-refractivity contribution in [3.63, 3.8) is 0 Å². The monoisotopic (exact) mass is 182 g/mol. The molecule has 1 atom stereocenters. The second-order valence-electron chi connectivity index (χ2n) is 2.94. The molecule has 0 spiro atoms. The first-order valence-electron chi connectivity index (χ1n) is 3.66. The van der Waals surface area contributed by atoms with Gasteiger partial charge >= 0.3 is 5.97 Å². The minimum Gasteiger partial charge on any atom is -0.480 e. The predicted octanol–water partition coefficient (Wildman–Crippen LogP) is -0.367. The highest BCUT2D eigenvalue weighted by Gasteiger charge is 2.30. The van der Waals surface area contributed by atoms with Crippen molar-refractivity contribution in [1.29, 1.82) is 0 Å². The molecule has 1 heterocycles. The second-order valence-corrected chi connectivity index (χ2v) is 2.94. The summed E-state index contributed by atoms with van der Waals surface area (Å²) in [5.41, 5.74) is 3.75. The van der Waals surface area contributed by atoms with Crippen LogP contribution in [0.1, 0.15) is 12.6 Å². The fourth-order valence-electron chi connectivity index (χ4n) is 0.866. The maximum absolute atomic E-state index is 10.9. The molecule has 0 unspecified atom stereocenters. The van der Waals surface area contributed by atoms with Gasteiger partial charge in [-0.2, -0.15) is 0 Å². The molecule has 0 aliphatic carbocycles. The molecule has 5 heteroatoms. The summed E-state index contributed by atoms with van der Waals surface area (Å²) in [6.07, 6.45) is 0. The van der Waals surface area contributed by atoms with E-state index in [1.54, 1.807) is 0 Å².